The quantitative estimate of drug-likeness (QED) is 0.853. The summed E-state index contributed by atoms with van der Waals surface area (Å²) in [6, 6.07) is 10.4. The van der Waals surface area contributed by atoms with E-state index in [0.29, 0.717) is 13.2 Å². The standard InChI is InChI=1S/C13H16N2OS/c1-14-12(13-9-17-10-15-13)8-16-7-11-5-3-2-4-6-11/h2-6,9-10,12,14H,7-8H2,1H3. The van der Waals surface area contributed by atoms with Gasteiger partial charge in [0.05, 0.1) is 30.5 Å². The largest absolute Gasteiger partial charge is 0.375 e. The Bertz CT molecular complexity index is 416. The van der Waals surface area contributed by atoms with Gasteiger partial charge in [-0.2, -0.15) is 0 Å². The lowest BCUT2D eigenvalue weighted by atomic mass is 10.2. The van der Waals surface area contributed by atoms with Gasteiger partial charge in [-0.25, -0.2) is 4.98 Å². The predicted octanol–water partition coefficient (Wildman–Crippen LogP) is 2.62. The van der Waals surface area contributed by atoms with Crippen LogP contribution in [0.15, 0.2) is 41.2 Å². The van der Waals surface area contributed by atoms with Crippen LogP contribution in [-0.4, -0.2) is 18.6 Å². The van der Waals surface area contributed by atoms with Crippen LogP contribution < -0.4 is 5.32 Å². The highest BCUT2D eigenvalue weighted by molar-refractivity contribution is 7.07. The Morgan fingerprint density at radius 2 is 2.18 bits per heavy atom. The number of thiazole rings is 1. The van der Waals surface area contributed by atoms with E-state index < -0.39 is 0 Å². The Labute approximate surface area is 105 Å². The Kier molecular flexibility index (Phi) is 4.67. The fourth-order valence-electron chi connectivity index (χ4n) is 1.58. The van der Waals surface area contributed by atoms with Gasteiger partial charge in [-0.1, -0.05) is 30.3 Å². The molecule has 0 amide bonds. The zero-order chi connectivity index (χ0) is 11.9. The second kappa shape index (κ2) is 6.49. The van der Waals surface area contributed by atoms with Crippen LogP contribution in [-0.2, 0) is 11.3 Å². The molecule has 2 rings (SSSR count). The summed E-state index contributed by atoms with van der Waals surface area (Å²) in [6.07, 6.45) is 0. The fraction of sp³-hybridized carbons (Fsp3) is 0.308. The van der Waals surface area contributed by atoms with Crippen molar-refractivity contribution in [1.29, 1.82) is 0 Å². The highest BCUT2D eigenvalue weighted by atomic mass is 32.1. The van der Waals surface area contributed by atoms with Crippen molar-refractivity contribution < 1.29 is 4.74 Å². The van der Waals surface area contributed by atoms with E-state index in [1.165, 1.54) is 5.56 Å². The summed E-state index contributed by atoms with van der Waals surface area (Å²) < 4.78 is 5.70. The zero-order valence-electron chi connectivity index (χ0n) is 9.80. The van der Waals surface area contributed by atoms with Crippen molar-refractivity contribution in [2.45, 2.75) is 12.6 Å². The second-order valence-corrected chi connectivity index (χ2v) is 4.47. The van der Waals surface area contributed by atoms with Gasteiger partial charge in [0.2, 0.25) is 0 Å². The first-order valence-electron chi connectivity index (χ1n) is 5.57. The maximum Gasteiger partial charge on any atom is 0.0795 e. The normalized spacial score (nSPS) is 12.5. The minimum absolute atomic E-state index is 0.171. The van der Waals surface area contributed by atoms with Crippen molar-refractivity contribution in [3.8, 4) is 0 Å². The molecule has 0 fully saturated rings. The number of nitrogens with one attached hydrogen (secondary N) is 1. The summed E-state index contributed by atoms with van der Waals surface area (Å²) >= 11 is 1.61. The molecule has 3 nitrogen and oxygen atoms in total. The first-order valence-corrected chi connectivity index (χ1v) is 6.51. The van der Waals surface area contributed by atoms with Crippen LogP contribution in [0.2, 0.25) is 0 Å². The molecule has 4 heteroatoms. The van der Waals surface area contributed by atoms with Gasteiger partial charge in [0.25, 0.3) is 0 Å². The molecule has 0 radical (unpaired) electrons. The summed E-state index contributed by atoms with van der Waals surface area (Å²) in [5, 5.41) is 5.26. The summed E-state index contributed by atoms with van der Waals surface area (Å²) in [5.41, 5.74) is 4.09. The molecule has 0 aliphatic heterocycles. The van der Waals surface area contributed by atoms with Crippen LogP contribution in [0.5, 0.6) is 0 Å². The average molecular weight is 248 g/mol. The number of likely N-dealkylation sites (N-methyl/N-ethyl adjacent to an activating group) is 1. The first-order chi connectivity index (χ1) is 8.40. The van der Waals surface area contributed by atoms with Gasteiger partial charge >= 0.3 is 0 Å². The van der Waals surface area contributed by atoms with Gasteiger partial charge < -0.3 is 10.1 Å². The summed E-state index contributed by atoms with van der Waals surface area (Å²) in [4.78, 5) is 4.29. The summed E-state index contributed by atoms with van der Waals surface area (Å²) in [6.45, 7) is 1.28. The molecule has 1 heterocycles. The molecule has 0 spiro atoms. The topological polar surface area (TPSA) is 34.1 Å². The number of hydrogen-bond acceptors (Lipinski definition) is 4. The molecule has 1 aromatic heterocycles. The molecule has 0 aliphatic carbocycles. The van der Waals surface area contributed by atoms with Crippen LogP contribution in [0.25, 0.3) is 0 Å². The van der Waals surface area contributed by atoms with Crippen molar-refractivity contribution in [3.05, 3.63) is 52.5 Å². The minimum atomic E-state index is 0.171. The molecule has 0 saturated carbocycles. The predicted molar refractivity (Wildman–Crippen MR) is 70.0 cm³/mol. The van der Waals surface area contributed by atoms with E-state index >= 15 is 0 Å². The lowest BCUT2D eigenvalue weighted by Gasteiger charge is -2.14. The van der Waals surface area contributed by atoms with Crippen LogP contribution in [0.4, 0.5) is 0 Å². The van der Waals surface area contributed by atoms with Crippen molar-refractivity contribution in [2.24, 2.45) is 0 Å². The van der Waals surface area contributed by atoms with Gasteiger partial charge in [0.1, 0.15) is 0 Å². The lowest BCUT2D eigenvalue weighted by molar-refractivity contribution is 0.0998. The fourth-order valence-corrected chi connectivity index (χ4v) is 2.19. The molecule has 1 aromatic carbocycles. The third-order valence-corrected chi connectivity index (χ3v) is 3.16. The molecule has 1 unspecified atom stereocenters. The molecule has 17 heavy (non-hydrogen) atoms. The molecule has 1 atom stereocenters. The van der Waals surface area contributed by atoms with Gasteiger partial charge in [-0.3, -0.25) is 0 Å². The zero-order valence-corrected chi connectivity index (χ0v) is 10.6. The molecule has 90 valence electrons. The van der Waals surface area contributed by atoms with Crippen LogP contribution in [0.3, 0.4) is 0 Å². The van der Waals surface area contributed by atoms with E-state index in [2.05, 4.69) is 22.4 Å². The highest BCUT2D eigenvalue weighted by Crippen LogP contribution is 2.13. The average Bonchev–Trinajstić information content (AvgIpc) is 2.90. The summed E-state index contributed by atoms with van der Waals surface area (Å²) in [5.74, 6) is 0. The van der Waals surface area contributed by atoms with E-state index in [4.69, 9.17) is 4.74 Å². The van der Waals surface area contributed by atoms with Crippen LogP contribution >= 0.6 is 11.3 Å². The highest BCUT2D eigenvalue weighted by Gasteiger charge is 2.10. The molecule has 0 saturated heterocycles. The molecular formula is C13H16N2OS. The smallest absolute Gasteiger partial charge is 0.0795 e. The van der Waals surface area contributed by atoms with Crippen molar-refractivity contribution in [3.63, 3.8) is 0 Å². The number of aromatic nitrogens is 1. The van der Waals surface area contributed by atoms with E-state index in [1.54, 1.807) is 11.3 Å². The molecular weight excluding hydrogens is 232 g/mol. The monoisotopic (exact) mass is 248 g/mol. The maximum atomic E-state index is 5.70. The maximum absolute atomic E-state index is 5.70. The van der Waals surface area contributed by atoms with E-state index in [9.17, 15) is 0 Å². The van der Waals surface area contributed by atoms with Gasteiger partial charge in [0.15, 0.2) is 0 Å². The lowest BCUT2D eigenvalue weighted by Crippen LogP contribution is -2.22. The van der Waals surface area contributed by atoms with Crippen molar-refractivity contribution >= 4 is 11.3 Å². The molecule has 2 aromatic rings. The number of ether oxygens (including phenoxy) is 1. The van der Waals surface area contributed by atoms with Crippen LogP contribution in [0.1, 0.15) is 17.3 Å². The van der Waals surface area contributed by atoms with Crippen LogP contribution in [0, 0.1) is 0 Å². The van der Waals surface area contributed by atoms with Crippen molar-refractivity contribution in [2.75, 3.05) is 13.7 Å². The number of benzene rings is 1. The Morgan fingerprint density at radius 3 is 2.82 bits per heavy atom. The van der Waals surface area contributed by atoms with E-state index in [-0.39, 0.29) is 6.04 Å². The summed E-state index contributed by atoms with van der Waals surface area (Å²) in [7, 11) is 1.93. The SMILES string of the molecule is CNC(COCc1ccccc1)c1cscn1. The van der Waals surface area contributed by atoms with Gasteiger partial charge in [0, 0.05) is 5.38 Å². The Balaban J connectivity index is 1.81. The van der Waals surface area contributed by atoms with Gasteiger partial charge in [-0.15, -0.1) is 11.3 Å². The van der Waals surface area contributed by atoms with Gasteiger partial charge in [-0.05, 0) is 12.6 Å². The van der Waals surface area contributed by atoms with E-state index in [1.807, 2.05) is 36.1 Å². The second-order valence-electron chi connectivity index (χ2n) is 3.76. The third kappa shape index (κ3) is 3.63. The first kappa shape index (κ1) is 12.2. The Morgan fingerprint density at radius 1 is 1.35 bits per heavy atom. The number of hydrogen-bond donors (Lipinski definition) is 1. The third-order valence-electron chi connectivity index (χ3n) is 2.55. The van der Waals surface area contributed by atoms with E-state index in [0.717, 1.165) is 5.69 Å². The minimum Gasteiger partial charge on any atom is -0.375 e. The number of nitrogens with zero attached hydrogens (tertiary/aromatic N) is 1. The Hall–Kier alpha value is -1.23. The molecule has 1 N–H and O–H groups in total. The molecule has 0 bridgehead atoms. The number of rotatable bonds is 6. The molecule has 0 aliphatic rings. The van der Waals surface area contributed by atoms with Crippen molar-refractivity contribution in [1.82, 2.24) is 10.3 Å².